The van der Waals surface area contributed by atoms with E-state index in [2.05, 4.69) is 4.98 Å². The number of halogens is 5. The average molecular weight is 547 g/mol. The van der Waals surface area contributed by atoms with Crippen molar-refractivity contribution in [1.82, 2.24) is 14.5 Å². The van der Waals surface area contributed by atoms with E-state index in [1.807, 2.05) is 53.4 Å². The first-order valence-electron chi connectivity index (χ1n) is 11.7. The topological polar surface area (TPSA) is 84.7 Å². The number of nitrogens with zero attached hydrogens (tertiary/aromatic N) is 3. The molecule has 39 heavy (non-hydrogen) atoms. The maximum absolute atomic E-state index is 14.7. The van der Waals surface area contributed by atoms with Gasteiger partial charge < -0.3 is 19.3 Å². The molecule has 1 fully saturated rings. The van der Waals surface area contributed by atoms with Crippen molar-refractivity contribution in [1.29, 1.82) is 0 Å². The van der Waals surface area contributed by atoms with Crippen molar-refractivity contribution >= 4 is 22.8 Å². The standard InChI is InChI=1S/C25H21F2N3O2.C2HF3O2/c26-25(27)12-15-30(24(31)19-7-5-8-20(16-19)29-13-3-4-14-29)17-22(25)32-23-11-10-18-6-1-2-9-21(18)28-23;3-2(4,5)1(6)7/h1-11,13-14,16,22H,12,15,17H2;(H,6,7). The smallest absolute Gasteiger partial charge is 0.475 e. The molecule has 0 radical (unpaired) electrons. The van der Waals surface area contributed by atoms with Crippen molar-refractivity contribution in [2.45, 2.75) is 24.6 Å². The molecule has 0 saturated carbocycles. The Morgan fingerprint density at radius 3 is 2.36 bits per heavy atom. The van der Waals surface area contributed by atoms with Crippen LogP contribution in [0.5, 0.6) is 5.88 Å². The molecule has 1 aliphatic heterocycles. The highest BCUT2D eigenvalue weighted by molar-refractivity contribution is 5.95. The second-order valence-corrected chi connectivity index (χ2v) is 8.65. The molecule has 1 amide bonds. The summed E-state index contributed by atoms with van der Waals surface area (Å²) in [5.74, 6) is -5.99. The lowest BCUT2D eigenvalue weighted by molar-refractivity contribution is -0.192. The number of alkyl halides is 5. The number of fused-ring (bicyclic) bond motifs is 1. The molecule has 0 bridgehead atoms. The van der Waals surface area contributed by atoms with Gasteiger partial charge in [0.2, 0.25) is 5.88 Å². The summed E-state index contributed by atoms with van der Waals surface area (Å²) in [7, 11) is 0. The molecule has 2 aromatic heterocycles. The van der Waals surface area contributed by atoms with Crippen molar-refractivity contribution < 1.29 is 41.4 Å². The van der Waals surface area contributed by atoms with Crippen LogP contribution in [0.2, 0.25) is 0 Å². The SMILES string of the molecule is O=C(O)C(F)(F)F.O=C(c1cccc(-n2cccc2)c1)N1CCC(F)(F)C(Oc2ccc3ccccc3n2)C1. The third-order valence-corrected chi connectivity index (χ3v) is 5.93. The Balaban J connectivity index is 0.000000448. The van der Waals surface area contributed by atoms with Crippen LogP contribution in [0.15, 0.2) is 85.2 Å². The molecule has 1 atom stereocenters. The van der Waals surface area contributed by atoms with Gasteiger partial charge in [0.05, 0.1) is 12.1 Å². The van der Waals surface area contributed by atoms with E-state index in [-0.39, 0.29) is 24.9 Å². The fourth-order valence-corrected chi connectivity index (χ4v) is 3.93. The monoisotopic (exact) mass is 547 g/mol. The van der Waals surface area contributed by atoms with Crippen molar-refractivity contribution in [3.8, 4) is 11.6 Å². The molecule has 3 heterocycles. The molecule has 12 heteroatoms. The zero-order valence-corrected chi connectivity index (χ0v) is 20.2. The Labute approximate surface area is 219 Å². The molecular weight excluding hydrogens is 525 g/mol. The highest BCUT2D eigenvalue weighted by Crippen LogP contribution is 2.32. The zero-order chi connectivity index (χ0) is 28.2. The number of carboxylic acid groups (broad SMARTS) is 1. The van der Waals surface area contributed by atoms with Gasteiger partial charge in [0.15, 0.2) is 6.10 Å². The summed E-state index contributed by atoms with van der Waals surface area (Å²) in [6.07, 6.45) is -3.26. The van der Waals surface area contributed by atoms with Crippen LogP contribution in [0.25, 0.3) is 16.6 Å². The van der Waals surface area contributed by atoms with E-state index in [0.717, 1.165) is 11.1 Å². The van der Waals surface area contributed by atoms with E-state index in [1.165, 1.54) is 4.90 Å². The quantitative estimate of drug-likeness (QED) is 0.337. The molecule has 1 N–H and O–H groups in total. The Morgan fingerprint density at radius 2 is 1.67 bits per heavy atom. The minimum atomic E-state index is -5.08. The fraction of sp³-hybridized carbons (Fsp3) is 0.222. The van der Waals surface area contributed by atoms with Gasteiger partial charge in [-0.15, -0.1) is 0 Å². The first-order chi connectivity index (χ1) is 18.4. The van der Waals surface area contributed by atoms with Gasteiger partial charge in [-0.3, -0.25) is 4.79 Å². The highest BCUT2D eigenvalue weighted by atomic mass is 19.4. The third-order valence-electron chi connectivity index (χ3n) is 5.93. The second kappa shape index (κ2) is 11.1. The Kier molecular flexibility index (Phi) is 7.84. The lowest BCUT2D eigenvalue weighted by Crippen LogP contribution is -2.55. The highest BCUT2D eigenvalue weighted by Gasteiger charge is 2.47. The summed E-state index contributed by atoms with van der Waals surface area (Å²) < 4.78 is 68.6. The van der Waals surface area contributed by atoms with Crippen LogP contribution < -0.4 is 4.74 Å². The summed E-state index contributed by atoms with van der Waals surface area (Å²) in [5.41, 5.74) is 1.94. The van der Waals surface area contributed by atoms with E-state index in [1.54, 1.807) is 36.4 Å². The number of rotatable bonds is 4. The predicted molar refractivity (Wildman–Crippen MR) is 131 cm³/mol. The summed E-state index contributed by atoms with van der Waals surface area (Å²) in [5, 5.41) is 8.02. The first-order valence-corrected chi connectivity index (χ1v) is 11.7. The number of aliphatic carboxylic acids is 1. The maximum Gasteiger partial charge on any atom is 0.490 e. The van der Waals surface area contributed by atoms with Gasteiger partial charge in [-0.1, -0.05) is 24.3 Å². The van der Waals surface area contributed by atoms with Crippen molar-refractivity contribution in [2.75, 3.05) is 13.1 Å². The van der Waals surface area contributed by atoms with E-state index in [9.17, 15) is 26.7 Å². The molecule has 4 aromatic rings. The molecule has 0 spiro atoms. The van der Waals surface area contributed by atoms with Crippen LogP contribution in [0.1, 0.15) is 16.8 Å². The van der Waals surface area contributed by atoms with Gasteiger partial charge in [-0.05, 0) is 42.5 Å². The van der Waals surface area contributed by atoms with Gasteiger partial charge in [0.25, 0.3) is 11.8 Å². The van der Waals surface area contributed by atoms with Gasteiger partial charge in [0.1, 0.15) is 0 Å². The minimum absolute atomic E-state index is 0.0371. The van der Waals surface area contributed by atoms with Crippen LogP contribution in [-0.4, -0.2) is 62.7 Å². The number of para-hydroxylation sites is 1. The third kappa shape index (κ3) is 6.70. The molecule has 7 nitrogen and oxygen atoms in total. The number of carbonyl (C=O) groups excluding carboxylic acids is 1. The number of carbonyl (C=O) groups is 2. The van der Waals surface area contributed by atoms with Crippen molar-refractivity contribution in [3.63, 3.8) is 0 Å². The zero-order valence-electron chi connectivity index (χ0n) is 20.2. The molecule has 1 saturated heterocycles. The molecule has 0 aliphatic carbocycles. The number of carboxylic acids is 1. The number of ether oxygens (including phenoxy) is 1. The van der Waals surface area contributed by atoms with Crippen LogP contribution in [0.3, 0.4) is 0 Å². The van der Waals surface area contributed by atoms with Crippen LogP contribution in [0.4, 0.5) is 22.0 Å². The Bertz CT molecular complexity index is 1460. The molecule has 1 aliphatic rings. The van der Waals surface area contributed by atoms with Crippen LogP contribution in [0, 0.1) is 0 Å². The van der Waals surface area contributed by atoms with E-state index >= 15 is 0 Å². The molecule has 1 unspecified atom stereocenters. The van der Waals surface area contributed by atoms with E-state index in [4.69, 9.17) is 14.6 Å². The van der Waals surface area contributed by atoms with Crippen LogP contribution >= 0.6 is 0 Å². The van der Waals surface area contributed by atoms with Gasteiger partial charge in [-0.2, -0.15) is 13.2 Å². The Hall–Kier alpha value is -4.48. The average Bonchev–Trinajstić information content (AvgIpc) is 3.45. The molecular formula is C27H22F5N3O4. The number of aromatic nitrogens is 2. The first kappa shape index (κ1) is 27.6. The number of amides is 1. The van der Waals surface area contributed by atoms with Gasteiger partial charge >= 0.3 is 12.1 Å². The lowest BCUT2D eigenvalue weighted by atomic mass is 10.0. The Morgan fingerprint density at radius 1 is 0.974 bits per heavy atom. The minimum Gasteiger partial charge on any atom is -0.475 e. The van der Waals surface area contributed by atoms with E-state index in [0.29, 0.717) is 11.1 Å². The van der Waals surface area contributed by atoms with Crippen molar-refractivity contribution in [2.24, 2.45) is 0 Å². The number of hydrogen-bond acceptors (Lipinski definition) is 4. The lowest BCUT2D eigenvalue weighted by Gasteiger charge is -2.38. The predicted octanol–water partition coefficient (Wildman–Crippen LogP) is 5.59. The van der Waals surface area contributed by atoms with Gasteiger partial charge in [-0.25, -0.2) is 18.6 Å². The largest absolute Gasteiger partial charge is 0.490 e. The molecule has 204 valence electrons. The number of piperidine rings is 1. The molecule has 2 aromatic carbocycles. The van der Waals surface area contributed by atoms with E-state index < -0.39 is 30.6 Å². The second-order valence-electron chi connectivity index (χ2n) is 8.65. The summed E-state index contributed by atoms with van der Waals surface area (Å²) in [6.45, 7) is -0.251. The number of likely N-dealkylation sites (tertiary alicyclic amines) is 1. The number of pyridine rings is 1. The van der Waals surface area contributed by atoms with Crippen LogP contribution in [-0.2, 0) is 4.79 Å². The maximum atomic E-state index is 14.7. The number of benzene rings is 2. The normalized spacial score (nSPS) is 16.7. The number of hydrogen-bond donors (Lipinski definition) is 1. The summed E-state index contributed by atoms with van der Waals surface area (Å²) in [6, 6.07) is 21.7. The molecule has 5 rings (SSSR count). The van der Waals surface area contributed by atoms with Crippen molar-refractivity contribution in [3.05, 3.63) is 90.8 Å². The summed E-state index contributed by atoms with van der Waals surface area (Å²) in [4.78, 5) is 27.8. The van der Waals surface area contributed by atoms with Gasteiger partial charge in [0, 0.05) is 48.1 Å². The fourth-order valence-electron chi connectivity index (χ4n) is 3.93. The summed E-state index contributed by atoms with van der Waals surface area (Å²) >= 11 is 0.